The number of likely N-dealkylation sites (tertiary alicyclic amines) is 1. The number of piperidine rings is 1. The van der Waals surface area contributed by atoms with Gasteiger partial charge in [-0.2, -0.15) is 0 Å². The smallest absolute Gasteiger partial charge is 0.325 e. The van der Waals surface area contributed by atoms with Gasteiger partial charge in [0.25, 0.3) is 11.8 Å². The quantitative estimate of drug-likeness (QED) is 0.730. The second kappa shape index (κ2) is 8.65. The lowest BCUT2D eigenvalue weighted by atomic mass is 9.88. The van der Waals surface area contributed by atoms with Crippen LogP contribution in [0.1, 0.15) is 46.8 Å². The van der Waals surface area contributed by atoms with Gasteiger partial charge in [-0.3, -0.25) is 14.5 Å². The molecule has 1 N–H and O–H groups in total. The average Bonchev–Trinajstić information content (AvgIpc) is 3.00. The lowest BCUT2D eigenvalue weighted by Crippen LogP contribution is -2.59. The molecule has 2 heterocycles. The first-order valence-electron chi connectivity index (χ1n) is 11.1. The third-order valence-electron chi connectivity index (χ3n) is 6.27. The number of urea groups is 1. The number of nitrogens with one attached hydrogen (secondary N) is 1. The molecule has 2 aromatic rings. The zero-order chi connectivity index (χ0) is 22.9. The van der Waals surface area contributed by atoms with Gasteiger partial charge >= 0.3 is 6.03 Å². The predicted molar refractivity (Wildman–Crippen MR) is 120 cm³/mol. The monoisotopic (exact) mass is 435 g/mol. The molecule has 0 bridgehead atoms. The van der Waals surface area contributed by atoms with E-state index in [0.717, 1.165) is 16.7 Å². The Morgan fingerprint density at radius 3 is 2.59 bits per heavy atom. The Balaban J connectivity index is 1.51. The fourth-order valence-corrected chi connectivity index (χ4v) is 4.51. The van der Waals surface area contributed by atoms with Crippen LogP contribution in [-0.4, -0.2) is 52.9 Å². The first-order valence-corrected chi connectivity index (χ1v) is 11.1. The molecule has 2 saturated heterocycles. The van der Waals surface area contributed by atoms with Gasteiger partial charge in [-0.1, -0.05) is 23.8 Å². The minimum Gasteiger partial charge on any atom is -0.494 e. The summed E-state index contributed by atoms with van der Waals surface area (Å²) in [4.78, 5) is 42.2. The molecular weight excluding hydrogens is 406 g/mol. The minimum absolute atomic E-state index is 0.151. The molecule has 2 aliphatic heterocycles. The summed E-state index contributed by atoms with van der Waals surface area (Å²) in [6.45, 7) is 7.38. The molecule has 4 rings (SSSR count). The highest BCUT2D eigenvalue weighted by atomic mass is 16.5. The fourth-order valence-electron chi connectivity index (χ4n) is 4.51. The molecule has 0 saturated carbocycles. The van der Waals surface area contributed by atoms with Gasteiger partial charge in [0, 0.05) is 12.1 Å². The van der Waals surface area contributed by atoms with Crippen molar-refractivity contribution in [2.45, 2.75) is 45.7 Å². The van der Waals surface area contributed by atoms with E-state index in [-0.39, 0.29) is 24.9 Å². The first kappa shape index (κ1) is 21.9. The Hall–Kier alpha value is -3.35. The van der Waals surface area contributed by atoms with Gasteiger partial charge < -0.3 is 15.0 Å². The lowest BCUT2D eigenvalue weighted by Gasteiger charge is -2.38. The van der Waals surface area contributed by atoms with Gasteiger partial charge in [0.2, 0.25) is 0 Å². The summed E-state index contributed by atoms with van der Waals surface area (Å²) < 4.78 is 5.44. The van der Waals surface area contributed by atoms with Gasteiger partial charge in [0.1, 0.15) is 11.3 Å². The van der Waals surface area contributed by atoms with Crippen molar-refractivity contribution in [3.8, 4) is 5.75 Å². The van der Waals surface area contributed by atoms with Crippen molar-refractivity contribution in [3.63, 3.8) is 0 Å². The number of ether oxygens (including phenoxy) is 1. The van der Waals surface area contributed by atoms with Gasteiger partial charge in [0.15, 0.2) is 0 Å². The summed E-state index contributed by atoms with van der Waals surface area (Å²) in [6, 6.07) is 12.6. The molecule has 7 nitrogen and oxygen atoms in total. The van der Waals surface area contributed by atoms with E-state index in [4.69, 9.17) is 4.74 Å². The molecule has 32 heavy (non-hydrogen) atoms. The maximum Gasteiger partial charge on any atom is 0.325 e. The van der Waals surface area contributed by atoms with Crippen LogP contribution in [0.15, 0.2) is 42.5 Å². The minimum atomic E-state index is -1.06. The van der Waals surface area contributed by atoms with E-state index in [1.807, 2.05) is 39.0 Å². The van der Waals surface area contributed by atoms with E-state index in [0.29, 0.717) is 37.3 Å². The van der Waals surface area contributed by atoms with E-state index >= 15 is 0 Å². The average molecular weight is 436 g/mol. The highest BCUT2D eigenvalue weighted by Gasteiger charge is 2.53. The molecule has 1 unspecified atom stereocenters. The molecule has 7 heteroatoms. The molecule has 0 aromatic heterocycles. The zero-order valence-electron chi connectivity index (χ0n) is 18.8. The maximum atomic E-state index is 13.4. The van der Waals surface area contributed by atoms with E-state index < -0.39 is 11.6 Å². The highest BCUT2D eigenvalue weighted by molar-refractivity contribution is 6.07. The maximum absolute atomic E-state index is 13.4. The number of rotatable bonds is 5. The summed E-state index contributed by atoms with van der Waals surface area (Å²) in [5.41, 5.74) is 2.54. The van der Waals surface area contributed by atoms with Crippen molar-refractivity contribution in [2.24, 2.45) is 0 Å². The lowest BCUT2D eigenvalue weighted by molar-refractivity contribution is -0.133. The highest BCUT2D eigenvalue weighted by Crippen LogP contribution is 2.31. The summed E-state index contributed by atoms with van der Waals surface area (Å²) in [6.07, 6.45) is 1.17. The number of nitrogens with zero attached hydrogens (tertiary/aromatic N) is 2. The Morgan fingerprint density at radius 1 is 1.12 bits per heavy atom. The van der Waals surface area contributed by atoms with Crippen LogP contribution >= 0.6 is 0 Å². The van der Waals surface area contributed by atoms with Crippen molar-refractivity contribution < 1.29 is 19.1 Å². The van der Waals surface area contributed by atoms with Crippen LogP contribution in [0.4, 0.5) is 4.79 Å². The number of carbonyl (C=O) groups is 3. The van der Waals surface area contributed by atoms with E-state index in [1.165, 1.54) is 4.90 Å². The molecule has 1 atom stereocenters. The second-order valence-electron chi connectivity index (χ2n) is 8.62. The van der Waals surface area contributed by atoms with Crippen LogP contribution in [0, 0.1) is 13.8 Å². The fraction of sp³-hybridized carbons (Fsp3) is 0.400. The molecule has 4 amide bonds. The molecule has 2 fully saturated rings. The standard InChI is InChI=1S/C25H29N3O4/c1-4-32-21-10-8-19(9-11-21)22(29)27-13-5-12-25(16-27)23(30)28(24(31)26-25)15-20-14-17(2)6-7-18(20)3/h6-11,14H,4-5,12-13,15-16H2,1-3H3,(H,26,31). The van der Waals surface area contributed by atoms with Crippen molar-refractivity contribution in [1.82, 2.24) is 15.1 Å². The second-order valence-corrected chi connectivity index (χ2v) is 8.62. The molecule has 168 valence electrons. The normalized spacial score (nSPS) is 20.6. The van der Waals surface area contributed by atoms with Crippen LogP contribution < -0.4 is 10.1 Å². The Kier molecular flexibility index (Phi) is 5.91. The molecular formula is C25H29N3O4. The zero-order valence-corrected chi connectivity index (χ0v) is 18.8. The summed E-state index contributed by atoms with van der Waals surface area (Å²) in [7, 11) is 0. The van der Waals surface area contributed by atoms with Gasteiger partial charge in [-0.15, -0.1) is 0 Å². The first-order chi connectivity index (χ1) is 15.3. The van der Waals surface area contributed by atoms with Crippen molar-refractivity contribution in [3.05, 3.63) is 64.7 Å². The van der Waals surface area contributed by atoms with Crippen LogP contribution in [-0.2, 0) is 11.3 Å². The number of hydrogen-bond donors (Lipinski definition) is 1. The van der Waals surface area contributed by atoms with E-state index in [9.17, 15) is 14.4 Å². The van der Waals surface area contributed by atoms with Crippen LogP contribution in [0.5, 0.6) is 5.75 Å². The Morgan fingerprint density at radius 2 is 1.88 bits per heavy atom. The molecule has 2 aliphatic rings. The van der Waals surface area contributed by atoms with Gasteiger partial charge in [-0.25, -0.2) is 4.79 Å². The van der Waals surface area contributed by atoms with Crippen LogP contribution in [0.2, 0.25) is 0 Å². The van der Waals surface area contributed by atoms with Crippen molar-refractivity contribution in [1.29, 1.82) is 0 Å². The molecule has 0 radical (unpaired) electrons. The number of amides is 4. The SMILES string of the molecule is CCOc1ccc(C(=O)N2CCCC3(C2)NC(=O)N(Cc2cc(C)ccc2C)C3=O)cc1. The number of carbonyl (C=O) groups excluding carboxylic acids is 3. The van der Waals surface area contributed by atoms with Gasteiger partial charge in [-0.05, 0) is 69.0 Å². The molecule has 1 spiro atoms. The number of imide groups is 1. The number of benzene rings is 2. The third-order valence-corrected chi connectivity index (χ3v) is 6.27. The van der Waals surface area contributed by atoms with E-state index in [1.54, 1.807) is 29.2 Å². The van der Waals surface area contributed by atoms with Crippen molar-refractivity contribution in [2.75, 3.05) is 19.7 Å². The Labute approximate surface area is 188 Å². The topological polar surface area (TPSA) is 79.0 Å². The number of aryl methyl sites for hydroxylation is 2. The summed E-state index contributed by atoms with van der Waals surface area (Å²) >= 11 is 0. The molecule has 0 aliphatic carbocycles. The summed E-state index contributed by atoms with van der Waals surface area (Å²) in [5, 5.41) is 2.91. The Bertz CT molecular complexity index is 1050. The summed E-state index contributed by atoms with van der Waals surface area (Å²) in [5.74, 6) is 0.300. The molecule has 2 aromatic carbocycles. The largest absolute Gasteiger partial charge is 0.494 e. The third kappa shape index (κ3) is 4.07. The van der Waals surface area contributed by atoms with E-state index in [2.05, 4.69) is 5.32 Å². The van der Waals surface area contributed by atoms with Crippen LogP contribution in [0.3, 0.4) is 0 Å². The van der Waals surface area contributed by atoms with Crippen LogP contribution in [0.25, 0.3) is 0 Å². The van der Waals surface area contributed by atoms with Crippen molar-refractivity contribution >= 4 is 17.8 Å². The van der Waals surface area contributed by atoms with Gasteiger partial charge in [0.05, 0.1) is 19.7 Å². The predicted octanol–water partition coefficient (Wildman–Crippen LogP) is 3.43. The number of hydrogen-bond acceptors (Lipinski definition) is 4.